The van der Waals surface area contributed by atoms with Gasteiger partial charge in [0.1, 0.15) is 6.61 Å². The molecule has 0 amide bonds. The summed E-state index contributed by atoms with van der Waals surface area (Å²) in [6.07, 6.45) is 2.24. The van der Waals surface area contributed by atoms with E-state index in [4.69, 9.17) is 4.74 Å². The summed E-state index contributed by atoms with van der Waals surface area (Å²) in [4.78, 5) is 0. The van der Waals surface area contributed by atoms with Gasteiger partial charge in [-0.15, -0.1) is 0 Å². The smallest absolute Gasteiger partial charge is 0.283 e. The molecule has 1 aliphatic carbocycles. The maximum absolute atomic E-state index is 13.1. The van der Waals surface area contributed by atoms with E-state index >= 15 is 0 Å². The Bertz CT molecular complexity index is 172. The molecule has 0 aliphatic heterocycles. The first-order chi connectivity index (χ1) is 6.55. The molecular formula is C10H19F2NO. The van der Waals surface area contributed by atoms with E-state index in [0.717, 1.165) is 12.8 Å². The fourth-order valence-electron chi connectivity index (χ4n) is 1.31. The molecule has 2 nitrogen and oxygen atoms in total. The van der Waals surface area contributed by atoms with Crippen LogP contribution in [0.1, 0.15) is 26.7 Å². The highest BCUT2D eigenvalue weighted by Gasteiger charge is 2.33. The van der Waals surface area contributed by atoms with Crippen LogP contribution in [0.15, 0.2) is 0 Å². The quantitative estimate of drug-likeness (QED) is 0.690. The molecule has 0 heterocycles. The van der Waals surface area contributed by atoms with Crippen molar-refractivity contribution in [2.24, 2.45) is 5.92 Å². The molecule has 1 atom stereocenters. The Labute approximate surface area is 84.0 Å². The van der Waals surface area contributed by atoms with E-state index in [1.165, 1.54) is 0 Å². The topological polar surface area (TPSA) is 21.3 Å². The van der Waals surface area contributed by atoms with Crippen molar-refractivity contribution in [3.8, 4) is 0 Å². The van der Waals surface area contributed by atoms with Gasteiger partial charge in [-0.1, -0.05) is 6.92 Å². The van der Waals surface area contributed by atoms with Gasteiger partial charge in [0, 0.05) is 0 Å². The van der Waals surface area contributed by atoms with Crippen LogP contribution >= 0.6 is 0 Å². The number of hydrogen-bond acceptors (Lipinski definition) is 2. The lowest BCUT2D eigenvalue weighted by molar-refractivity contribution is -0.0971. The molecule has 0 aromatic carbocycles. The summed E-state index contributed by atoms with van der Waals surface area (Å²) in [5.74, 6) is -2.22. The van der Waals surface area contributed by atoms with Crippen molar-refractivity contribution in [1.82, 2.24) is 5.32 Å². The van der Waals surface area contributed by atoms with Crippen LogP contribution < -0.4 is 5.32 Å². The van der Waals surface area contributed by atoms with Crippen LogP contribution in [0.2, 0.25) is 0 Å². The van der Waals surface area contributed by atoms with Crippen LogP contribution in [0.3, 0.4) is 0 Å². The Kier molecular flexibility index (Phi) is 4.26. The monoisotopic (exact) mass is 207 g/mol. The summed E-state index contributed by atoms with van der Waals surface area (Å²) in [5.41, 5.74) is 0. The zero-order chi connectivity index (χ0) is 10.6. The Morgan fingerprint density at radius 2 is 2.14 bits per heavy atom. The number of alkyl halides is 2. The normalized spacial score (nSPS) is 19.7. The summed E-state index contributed by atoms with van der Waals surface area (Å²) in [5, 5.41) is 2.63. The molecule has 0 aromatic rings. The summed E-state index contributed by atoms with van der Waals surface area (Å²) < 4.78 is 31.3. The number of rotatable bonds is 7. The minimum Gasteiger partial charge on any atom is -0.372 e. The van der Waals surface area contributed by atoms with Gasteiger partial charge in [0.15, 0.2) is 0 Å². The molecular weight excluding hydrogens is 188 g/mol. The zero-order valence-corrected chi connectivity index (χ0v) is 8.85. The van der Waals surface area contributed by atoms with Gasteiger partial charge >= 0.3 is 0 Å². The minimum atomic E-state index is -2.74. The van der Waals surface area contributed by atoms with Crippen molar-refractivity contribution in [2.45, 2.75) is 38.7 Å². The number of hydrogen-bond donors (Lipinski definition) is 1. The first-order valence-corrected chi connectivity index (χ1v) is 5.25. The van der Waals surface area contributed by atoms with E-state index in [0.29, 0.717) is 12.5 Å². The highest BCUT2D eigenvalue weighted by molar-refractivity contribution is 4.80. The predicted octanol–water partition coefficient (Wildman–Crippen LogP) is 2.05. The second-order valence-electron chi connectivity index (χ2n) is 3.99. The first kappa shape index (κ1) is 11.9. The Balaban J connectivity index is 2.13. The van der Waals surface area contributed by atoms with Crippen molar-refractivity contribution in [1.29, 1.82) is 0 Å². The zero-order valence-electron chi connectivity index (χ0n) is 8.85. The van der Waals surface area contributed by atoms with E-state index < -0.39 is 12.5 Å². The van der Waals surface area contributed by atoms with Gasteiger partial charge in [-0.05, 0) is 32.2 Å². The number of nitrogens with one attached hydrogen (secondary N) is 1. The second kappa shape index (κ2) is 5.03. The largest absolute Gasteiger partial charge is 0.372 e. The first-order valence-electron chi connectivity index (χ1n) is 5.25. The van der Waals surface area contributed by atoms with Crippen molar-refractivity contribution in [3.05, 3.63) is 0 Å². The highest BCUT2D eigenvalue weighted by Crippen LogP contribution is 2.34. The van der Waals surface area contributed by atoms with Gasteiger partial charge in [0.2, 0.25) is 0 Å². The third-order valence-corrected chi connectivity index (χ3v) is 2.48. The summed E-state index contributed by atoms with van der Waals surface area (Å²) in [6, 6.07) is 0. The molecule has 0 saturated heterocycles. The molecule has 1 fully saturated rings. The summed E-state index contributed by atoms with van der Waals surface area (Å²) in [6.45, 7) is 3.50. The van der Waals surface area contributed by atoms with E-state index in [9.17, 15) is 8.78 Å². The van der Waals surface area contributed by atoms with Crippen LogP contribution in [-0.2, 0) is 4.74 Å². The van der Waals surface area contributed by atoms with Gasteiger partial charge in [-0.25, -0.2) is 8.78 Å². The molecule has 1 unspecified atom stereocenters. The van der Waals surface area contributed by atoms with Crippen LogP contribution in [0.25, 0.3) is 0 Å². The molecule has 0 aromatic heterocycles. The molecule has 1 N–H and O–H groups in total. The lowest BCUT2D eigenvalue weighted by Gasteiger charge is -2.19. The van der Waals surface area contributed by atoms with E-state index in [-0.39, 0.29) is 12.6 Å². The van der Waals surface area contributed by atoms with Crippen LogP contribution in [0.5, 0.6) is 0 Å². The molecule has 1 aliphatic rings. The van der Waals surface area contributed by atoms with Crippen LogP contribution in [0, 0.1) is 5.92 Å². The van der Waals surface area contributed by atoms with Crippen molar-refractivity contribution in [2.75, 3.05) is 19.7 Å². The molecule has 4 heteroatoms. The number of halogens is 2. The molecule has 84 valence electrons. The third kappa shape index (κ3) is 4.33. The van der Waals surface area contributed by atoms with Crippen LogP contribution in [0.4, 0.5) is 8.78 Å². The molecule has 1 saturated carbocycles. The molecule has 0 spiro atoms. The predicted molar refractivity (Wildman–Crippen MR) is 51.6 cm³/mol. The average Bonchev–Trinajstić information content (AvgIpc) is 2.94. The van der Waals surface area contributed by atoms with Crippen molar-refractivity contribution in [3.63, 3.8) is 0 Å². The van der Waals surface area contributed by atoms with Gasteiger partial charge in [-0.3, -0.25) is 0 Å². The molecule has 1 rings (SSSR count). The number of ether oxygens (including phenoxy) is 1. The second-order valence-corrected chi connectivity index (χ2v) is 3.99. The lowest BCUT2D eigenvalue weighted by Crippen LogP contribution is -2.37. The standard InChI is InChI=1S/C10H19F2NO/c1-3-13-6-10(11,12)7-14-8(2)9-4-5-9/h8-9,13H,3-7H2,1-2H3. The molecule has 0 bridgehead atoms. The van der Waals surface area contributed by atoms with E-state index in [1.54, 1.807) is 0 Å². The minimum absolute atomic E-state index is 0.0116. The summed E-state index contributed by atoms with van der Waals surface area (Å²) in [7, 11) is 0. The Morgan fingerprint density at radius 1 is 1.50 bits per heavy atom. The van der Waals surface area contributed by atoms with Gasteiger partial charge < -0.3 is 10.1 Å². The van der Waals surface area contributed by atoms with Gasteiger partial charge in [-0.2, -0.15) is 0 Å². The average molecular weight is 207 g/mol. The Morgan fingerprint density at radius 3 is 2.64 bits per heavy atom. The van der Waals surface area contributed by atoms with Crippen molar-refractivity contribution >= 4 is 0 Å². The maximum atomic E-state index is 13.1. The fourth-order valence-corrected chi connectivity index (χ4v) is 1.31. The van der Waals surface area contributed by atoms with Crippen LogP contribution in [-0.4, -0.2) is 31.7 Å². The third-order valence-electron chi connectivity index (χ3n) is 2.48. The van der Waals surface area contributed by atoms with Gasteiger partial charge in [0.25, 0.3) is 5.92 Å². The molecule has 14 heavy (non-hydrogen) atoms. The fraction of sp³-hybridized carbons (Fsp3) is 1.00. The lowest BCUT2D eigenvalue weighted by atomic mass is 10.2. The maximum Gasteiger partial charge on any atom is 0.283 e. The van der Waals surface area contributed by atoms with Gasteiger partial charge in [0.05, 0.1) is 12.6 Å². The molecule has 0 radical (unpaired) electrons. The van der Waals surface area contributed by atoms with Crippen molar-refractivity contribution < 1.29 is 13.5 Å². The van der Waals surface area contributed by atoms with E-state index in [1.807, 2.05) is 13.8 Å². The Hall–Kier alpha value is -0.220. The highest BCUT2D eigenvalue weighted by atomic mass is 19.3. The summed E-state index contributed by atoms with van der Waals surface area (Å²) >= 11 is 0. The SMILES string of the molecule is CCNCC(F)(F)COC(C)C1CC1. The van der Waals surface area contributed by atoms with E-state index in [2.05, 4.69) is 5.32 Å².